The molecule has 0 spiro atoms. The van der Waals surface area contributed by atoms with Gasteiger partial charge in [-0.05, 0) is 29.2 Å². The first-order valence-corrected chi connectivity index (χ1v) is 9.73. The SMILES string of the molecule is CCCCc1cc(C(C=NC)=CN)ccc1B1CC(C)(C)C(C)(C)C1. The molecule has 2 nitrogen and oxygen atoms in total. The smallest absolute Gasteiger partial charge is 0.177 e. The molecule has 1 heterocycles. The Morgan fingerprint density at radius 3 is 2.36 bits per heavy atom. The maximum Gasteiger partial charge on any atom is 0.177 e. The van der Waals surface area contributed by atoms with Gasteiger partial charge in [-0.3, -0.25) is 4.99 Å². The minimum absolute atomic E-state index is 0.384. The summed E-state index contributed by atoms with van der Waals surface area (Å²) in [6, 6.07) is 6.93. The van der Waals surface area contributed by atoms with Crippen LogP contribution in [0, 0.1) is 10.8 Å². The van der Waals surface area contributed by atoms with Gasteiger partial charge in [-0.15, -0.1) is 0 Å². The highest BCUT2D eigenvalue weighted by Gasteiger charge is 2.48. The van der Waals surface area contributed by atoms with Crippen molar-refractivity contribution < 1.29 is 0 Å². The minimum atomic E-state index is 0.384. The maximum atomic E-state index is 5.82. The van der Waals surface area contributed by atoms with Crippen LogP contribution in [0.3, 0.4) is 0 Å². The van der Waals surface area contributed by atoms with Crippen LogP contribution < -0.4 is 11.2 Å². The number of hydrogen-bond acceptors (Lipinski definition) is 2. The van der Waals surface area contributed by atoms with Crippen molar-refractivity contribution in [3.8, 4) is 0 Å². The number of rotatable bonds is 6. The Hall–Kier alpha value is -1.51. The molecule has 0 amide bonds. The van der Waals surface area contributed by atoms with Crippen molar-refractivity contribution >= 4 is 24.0 Å². The van der Waals surface area contributed by atoms with Crippen LogP contribution in [0.15, 0.2) is 29.4 Å². The van der Waals surface area contributed by atoms with E-state index in [1.807, 2.05) is 6.21 Å². The fourth-order valence-corrected chi connectivity index (χ4v) is 4.20. The molecule has 1 aliphatic heterocycles. The highest BCUT2D eigenvalue weighted by Crippen LogP contribution is 2.52. The number of benzene rings is 1. The van der Waals surface area contributed by atoms with Gasteiger partial charge in [0.05, 0.1) is 0 Å². The zero-order valence-electron chi connectivity index (χ0n) is 17.0. The van der Waals surface area contributed by atoms with Crippen LogP contribution in [0.5, 0.6) is 0 Å². The average molecular weight is 338 g/mol. The third-order valence-electron chi connectivity index (χ3n) is 6.51. The zero-order valence-corrected chi connectivity index (χ0v) is 17.0. The summed E-state index contributed by atoms with van der Waals surface area (Å²) in [5, 5.41) is 0. The second-order valence-electron chi connectivity index (χ2n) is 8.90. The first kappa shape index (κ1) is 19.8. The molecule has 2 N–H and O–H groups in total. The van der Waals surface area contributed by atoms with E-state index in [9.17, 15) is 0 Å². The fourth-order valence-electron chi connectivity index (χ4n) is 4.20. The van der Waals surface area contributed by atoms with E-state index in [1.165, 1.54) is 36.6 Å². The van der Waals surface area contributed by atoms with Crippen molar-refractivity contribution in [3.05, 3.63) is 35.5 Å². The second-order valence-corrected chi connectivity index (χ2v) is 8.90. The third-order valence-corrected chi connectivity index (χ3v) is 6.51. The molecule has 0 aliphatic carbocycles. The molecule has 1 saturated heterocycles. The normalized spacial score (nSPS) is 19.8. The van der Waals surface area contributed by atoms with Gasteiger partial charge in [0.15, 0.2) is 6.71 Å². The van der Waals surface area contributed by atoms with Gasteiger partial charge in [-0.2, -0.15) is 0 Å². The van der Waals surface area contributed by atoms with Gasteiger partial charge in [0, 0.05) is 25.0 Å². The van der Waals surface area contributed by atoms with Gasteiger partial charge in [-0.25, -0.2) is 0 Å². The number of nitrogens with two attached hydrogens (primary N) is 1. The van der Waals surface area contributed by atoms with Crippen molar-refractivity contribution in [2.75, 3.05) is 7.05 Å². The van der Waals surface area contributed by atoms with Crippen LogP contribution >= 0.6 is 0 Å². The molecule has 0 bridgehead atoms. The molecule has 25 heavy (non-hydrogen) atoms. The molecule has 0 aromatic heterocycles. The van der Waals surface area contributed by atoms with Gasteiger partial charge in [0.1, 0.15) is 0 Å². The molecule has 0 atom stereocenters. The molecule has 2 rings (SSSR count). The number of aryl methyl sites for hydroxylation is 1. The summed E-state index contributed by atoms with van der Waals surface area (Å²) in [6.07, 6.45) is 9.66. The highest BCUT2D eigenvalue weighted by atomic mass is 14.6. The Kier molecular flexibility index (Phi) is 6.19. The van der Waals surface area contributed by atoms with Gasteiger partial charge in [0.25, 0.3) is 0 Å². The molecule has 1 aromatic rings. The molecule has 1 aromatic carbocycles. The Morgan fingerprint density at radius 1 is 1.20 bits per heavy atom. The molecule has 0 unspecified atom stereocenters. The topological polar surface area (TPSA) is 38.4 Å². The molecule has 3 heteroatoms. The summed E-state index contributed by atoms with van der Waals surface area (Å²) >= 11 is 0. The molecule has 1 aliphatic rings. The third kappa shape index (κ3) is 4.19. The van der Waals surface area contributed by atoms with E-state index in [0.717, 1.165) is 12.0 Å². The molecular weight excluding hydrogens is 303 g/mol. The fraction of sp³-hybridized carbons (Fsp3) is 0.591. The van der Waals surface area contributed by atoms with Gasteiger partial charge >= 0.3 is 0 Å². The van der Waals surface area contributed by atoms with Crippen molar-refractivity contribution in [1.29, 1.82) is 0 Å². The van der Waals surface area contributed by atoms with E-state index in [-0.39, 0.29) is 0 Å². The lowest BCUT2D eigenvalue weighted by molar-refractivity contribution is 0.177. The molecule has 136 valence electrons. The van der Waals surface area contributed by atoms with E-state index >= 15 is 0 Å². The first-order valence-electron chi connectivity index (χ1n) is 9.73. The van der Waals surface area contributed by atoms with Crippen molar-refractivity contribution in [2.24, 2.45) is 21.6 Å². The average Bonchev–Trinajstić information content (AvgIpc) is 2.78. The van der Waals surface area contributed by atoms with Gasteiger partial charge in [-0.1, -0.05) is 82.9 Å². The van der Waals surface area contributed by atoms with Crippen LogP contribution in [0.2, 0.25) is 12.6 Å². The summed E-state index contributed by atoms with van der Waals surface area (Å²) in [5.74, 6) is 0. The Balaban J connectivity index is 2.41. The van der Waals surface area contributed by atoms with Crippen molar-refractivity contribution in [1.82, 2.24) is 0 Å². The van der Waals surface area contributed by atoms with Gasteiger partial charge in [0.2, 0.25) is 0 Å². The van der Waals surface area contributed by atoms with Crippen LogP contribution in [0.1, 0.15) is 58.6 Å². The van der Waals surface area contributed by atoms with Crippen LogP contribution in [0.25, 0.3) is 5.57 Å². The van der Waals surface area contributed by atoms with E-state index in [4.69, 9.17) is 5.73 Å². The molecule has 1 fully saturated rings. The lowest BCUT2D eigenvalue weighted by atomic mass is 9.41. The summed E-state index contributed by atoms with van der Waals surface area (Å²) in [5.41, 5.74) is 11.8. The monoisotopic (exact) mass is 338 g/mol. The first-order chi connectivity index (χ1) is 11.8. The lowest BCUT2D eigenvalue weighted by Gasteiger charge is -2.35. The minimum Gasteiger partial charge on any atom is -0.404 e. The highest BCUT2D eigenvalue weighted by molar-refractivity contribution is 6.74. The van der Waals surface area contributed by atoms with Crippen LogP contribution in [-0.4, -0.2) is 20.0 Å². The number of aliphatic imine (C=N–C) groups is 1. The van der Waals surface area contributed by atoms with Crippen LogP contribution in [0.4, 0.5) is 0 Å². The Bertz CT molecular complexity index is 640. The molecule has 0 saturated carbocycles. The largest absolute Gasteiger partial charge is 0.404 e. The number of unbranched alkanes of at least 4 members (excludes halogenated alkanes) is 1. The number of allylic oxidation sites excluding steroid dienone is 1. The maximum absolute atomic E-state index is 5.82. The predicted molar refractivity (Wildman–Crippen MR) is 114 cm³/mol. The standard InChI is InChI=1S/C22H35BN2/c1-7-8-9-18-12-17(19(13-24)14-25-6)10-11-20(18)23-15-21(2,3)22(4,5)16-23/h10-14H,7-9,15-16,24H2,1-6H3. The Morgan fingerprint density at radius 2 is 1.84 bits per heavy atom. The van der Waals surface area contributed by atoms with E-state index in [0.29, 0.717) is 17.5 Å². The lowest BCUT2D eigenvalue weighted by Crippen LogP contribution is -2.31. The quantitative estimate of drug-likeness (QED) is 0.587. The molecule has 0 radical (unpaired) electrons. The van der Waals surface area contributed by atoms with E-state index in [1.54, 1.807) is 18.7 Å². The zero-order chi connectivity index (χ0) is 18.7. The molecular formula is C22H35BN2. The van der Waals surface area contributed by atoms with Crippen molar-refractivity contribution in [2.45, 2.75) is 66.5 Å². The van der Waals surface area contributed by atoms with Gasteiger partial charge < -0.3 is 5.73 Å². The summed E-state index contributed by atoms with van der Waals surface area (Å²) < 4.78 is 0. The summed E-state index contributed by atoms with van der Waals surface area (Å²) in [6.45, 7) is 12.6. The van der Waals surface area contributed by atoms with Crippen molar-refractivity contribution in [3.63, 3.8) is 0 Å². The van der Waals surface area contributed by atoms with Crippen LogP contribution in [-0.2, 0) is 6.42 Å². The second kappa shape index (κ2) is 7.80. The number of hydrogen-bond donors (Lipinski definition) is 1. The summed E-state index contributed by atoms with van der Waals surface area (Å²) in [7, 11) is 1.79. The van der Waals surface area contributed by atoms with E-state index < -0.39 is 0 Å². The number of nitrogens with zero attached hydrogens (tertiary/aromatic N) is 1. The Labute approximate surface area is 155 Å². The predicted octanol–water partition coefficient (Wildman–Crippen LogP) is 4.80. The van der Waals surface area contributed by atoms with E-state index in [2.05, 4.69) is 57.8 Å². The summed E-state index contributed by atoms with van der Waals surface area (Å²) in [4.78, 5) is 4.14.